The molecule has 1 aromatic heterocycles. The summed E-state index contributed by atoms with van der Waals surface area (Å²) in [5.74, 6) is 1.53. The van der Waals surface area contributed by atoms with Crippen molar-refractivity contribution in [3.8, 4) is 22.6 Å². The van der Waals surface area contributed by atoms with Crippen LogP contribution in [0.3, 0.4) is 0 Å². The SMILES string of the molecule is CCC1(CC)COP(Oc2c(C(C)(C)C)cc(C(C)(C)C)c(C)c2-c2c(C)c(C(C)(C)C)cc(C(C)(C)C)c2Op2oc3c(C(C)(C)C)cc(C(C)(C)C)cc3c3cc(C(C)(C)C)cc(C(C)(C)C)c3o2)OC1. The first-order chi connectivity index (χ1) is 32.9. The lowest BCUT2D eigenvalue weighted by Crippen LogP contribution is -2.34. The van der Waals surface area contributed by atoms with E-state index in [4.69, 9.17) is 26.5 Å². The van der Waals surface area contributed by atoms with E-state index in [2.05, 4.69) is 230 Å². The largest absolute Gasteiger partial charge is 0.453 e. The first kappa shape index (κ1) is 59.0. The Hall–Kier alpha value is -3.27. The molecule has 0 N–H and O–H groups in total. The van der Waals surface area contributed by atoms with Gasteiger partial charge in [0.05, 0.1) is 13.2 Å². The highest BCUT2D eigenvalue weighted by Crippen LogP contribution is 2.59. The predicted octanol–water partition coefficient (Wildman–Crippen LogP) is 21.3. The minimum Gasteiger partial charge on any atom is -0.426 e. The molecule has 73 heavy (non-hydrogen) atoms. The zero-order valence-electron chi connectivity index (χ0n) is 51.1. The third kappa shape index (κ3) is 12.1. The molecular weight excluding hydrogens is 939 g/mol. The number of hydrogen-bond donors (Lipinski definition) is 0. The van der Waals surface area contributed by atoms with Crippen molar-refractivity contribution < 1.29 is 26.5 Å². The first-order valence-electron chi connectivity index (χ1n) is 27.3. The van der Waals surface area contributed by atoms with Gasteiger partial charge < -0.3 is 26.5 Å². The van der Waals surface area contributed by atoms with E-state index in [1.165, 1.54) is 22.3 Å². The van der Waals surface area contributed by atoms with Crippen molar-refractivity contribution in [3.05, 3.63) is 92.0 Å². The Morgan fingerprint density at radius 1 is 0.411 bits per heavy atom. The van der Waals surface area contributed by atoms with Crippen molar-refractivity contribution in [2.45, 2.75) is 250 Å². The predicted molar refractivity (Wildman–Crippen MR) is 316 cm³/mol. The number of hydrogen-bond acceptors (Lipinski definition) is 6. The van der Waals surface area contributed by atoms with E-state index in [0.29, 0.717) is 13.2 Å². The fourth-order valence-corrected chi connectivity index (χ4v) is 12.8. The van der Waals surface area contributed by atoms with E-state index >= 15 is 0 Å². The summed E-state index contributed by atoms with van der Waals surface area (Å²) in [6.07, 6.45) is 1.96. The lowest BCUT2D eigenvalue weighted by Gasteiger charge is -2.39. The second-order valence-electron chi connectivity index (χ2n) is 30.0. The molecule has 0 amide bonds. The molecule has 4 aromatic carbocycles. The molecule has 1 fully saturated rings. The van der Waals surface area contributed by atoms with E-state index in [9.17, 15) is 0 Å². The van der Waals surface area contributed by atoms with Gasteiger partial charge in [0.1, 0.15) is 22.7 Å². The van der Waals surface area contributed by atoms with Crippen molar-refractivity contribution >= 4 is 38.8 Å². The smallest absolute Gasteiger partial charge is 0.426 e. The molecule has 8 heteroatoms. The van der Waals surface area contributed by atoms with Crippen molar-refractivity contribution in [2.75, 3.05) is 13.2 Å². The maximum Gasteiger partial charge on any atom is 0.453 e. The molecule has 404 valence electrons. The van der Waals surface area contributed by atoms with Crippen LogP contribution in [0.4, 0.5) is 0 Å². The average Bonchev–Trinajstić information content (AvgIpc) is 3.37. The highest BCUT2D eigenvalue weighted by Gasteiger charge is 2.41. The molecule has 0 spiro atoms. The van der Waals surface area contributed by atoms with Crippen molar-refractivity contribution in [2.24, 2.45) is 5.41 Å². The highest BCUT2D eigenvalue weighted by atomic mass is 31.2. The Bertz CT molecular complexity index is 2800. The fourth-order valence-electron chi connectivity index (χ4n) is 10.3. The lowest BCUT2D eigenvalue weighted by atomic mass is 9.72. The molecule has 0 unspecified atom stereocenters. The Morgan fingerprint density at radius 2 is 0.726 bits per heavy atom. The van der Waals surface area contributed by atoms with Gasteiger partial charge in [0.25, 0.3) is 0 Å². The third-order valence-electron chi connectivity index (χ3n) is 15.5. The first-order valence-corrected chi connectivity index (χ1v) is 29.5. The summed E-state index contributed by atoms with van der Waals surface area (Å²) < 4.78 is 43.8. The fraction of sp³-hybridized carbons (Fsp3) is 0.631. The van der Waals surface area contributed by atoms with Crippen LogP contribution in [-0.4, -0.2) is 13.2 Å². The lowest BCUT2D eigenvalue weighted by molar-refractivity contribution is 0.0126. The summed E-state index contributed by atoms with van der Waals surface area (Å²) >= 11 is 0. The Labute approximate surface area is 446 Å². The zero-order valence-corrected chi connectivity index (χ0v) is 52.9. The molecule has 6 nitrogen and oxygen atoms in total. The monoisotopic (exact) mass is 1040 g/mol. The summed E-state index contributed by atoms with van der Waals surface area (Å²) in [5.41, 5.74) is 13.3. The van der Waals surface area contributed by atoms with Gasteiger partial charge >= 0.3 is 16.8 Å². The molecule has 2 heterocycles. The van der Waals surface area contributed by atoms with Crippen LogP contribution in [0.25, 0.3) is 33.1 Å². The molecular formula is C65H98O6P2. The van der Waals surface area contributed by atoms with Crippen molar-refractivity contribution in [1.82, 2.24) is 0 Å². The van der Waals surface area contributed by atoms with Gasteiger partial charge in [-0.2, -0.15) is 0 Å². The standard InChI is InChI=1S/C65H98O6P2/c1-29-65(30-2)37-66-72(67-38-65)70-55-49(63(23,24)25)35-45(59(11,12)13)39(3)51(55)52-40(4)46(60(14,15)16)36-50(64(26,27)28)56(52)71-73-68-53-43(31-41(57(5,6)7)33-47(53)61(17,18)19)44-32-42(58(8,9)10)34-48(54(44)69-73)62(20,21)22/h31-36H,29-30,37-38H2,1-28H3. The Balaban J connectivity index is 1.91. The van der Waals surface area contributed by atoms with E-state index in [-0.39, 0.29) is 48.7 Å². The Kier molecular flexibility index (Phi) is 15.9. The van der Waals surface area contributed by atoms with Crippen molar-refractivity contribution in [1.29, 1.82) is 0 Å². The van der Waals surface area contributed by atoms with Gasteiger partial charge in [-0.3, -0.25) is 0 Å². The van der Waals surface area contributed by atoms with Gasteiger partial charge in [0.15, 0.2) is 0 Å². The van der Waals surface area contributed by atoms with E-state index in [0.717, 1.165) is 90.8 Å². The number of benzene rings is 4. The second kappa shape index (κ2) is 19.6. The van der Waals surface area contributed by atoms with Crippen LogP contribution in [0.2, 0.25) is 0 Å². The molecule has 0 aliphatic carbocycles. The summed E-state index contributed by atoms with van der Waals surface area (Å²) in [7, 11) is -3.90. The maximum absolute atomic E-state index is 7.89. The summed E-state index contributed by atoms with van der Waals surface area (Å²) in [5, 5.41) is 2.08. The van der Waals surface area contributed by atoms with Gasteiger partial charge in [0.2, 0.25) is 0 Å². The van der Waals surface area contributed by atoms with Gasteiger partial charge in [-0.15, -0.1) is 0 Å². The molecule has 1 saturated heterocycles. The molecule has 0 radical (unpaired) electrons. The molecule has 1 aliphatic rings. The molecule has 0 bridgehead atoms. The minimum atomic E-state index is -2.17. The average molecular weight is 1040 g/mol. The van der Waals surface area contributed by atoms with Gasteiger partial charge in [0, 0.05) is 49.6 Å². The van der Waals surface area contributed by atoms with E-state index in [1.807, 2.05) is 0 Å². The van der Waals surface area contributed by atoms with Gasteiger partial charge in [-0.05, 0) is 116 Å². The second-order valence-corrected chi connectivity index (χ2v) is 32.1. The van der Waals surface area contributed by atoms with Crippen molar-refractivity contribution in [3.63, 3.8) is 0 Å². The van der Waals surface area contributed by atoms with Crippen LogP contribution >= 0.6 is 16.8 Å². The van der Waals surface area contributed by atoms with E-state index in [1.54, 1.807) is 0 Å². The van der Waals surface area contributed by atoms with Crippen LogP contribution in [-0.2, 0) is 52.4 Å². The molecule has 0 atom stereocenters. The van der Waals surface area contributed by atoms with E-state index < -0.39 is 16.8 Å². The van der Waals surface area contributed by atoms with Crippen LogP contribution in [0.15, 0.2) is 44.8 Å². The highest BCUT2D eigenvalue weighted by molar-refractivity contribution is 7.42. The van der Waals surface area contributed by atoms with Crippen LogP contribution in [0.5, 0.6) is 11.5 Å². The molecule has 1 aliphatic heterocycles. The van der Waals surface area contributed by atoms with Crippen LogP contribution < -0.4 is 9.05 Å². The van der Waals surface area contributed by atoms with Gasteiger partial charge in [-0.25, -0.2) is 0 Å². The van der Waals surface area contributed by atoms with Crippen LogP contribution in [0, 0.1) is 19.3 Å². The Morgan fingerprint density at radius 3 is 1.01 bits per heavy atom. The molecule has 0 saturated carbocycles. The topological polar surface area (TPSA) is 63.2 Å². The quantitative estimate of drug-likeness (QED) is 0.151. The molecule has 6 rings (SSSR count). The number of rotatable bonds is 7. The maximum atomic E-state index is 7.89. The van der Waals surface area contributed by atoms with Crippen LogP contribution in [0.1, 0.15) is 248 Å². The van der Waals surface area contributed by atoms with Gasteiger partial charge in [-0.1, -0.05) is 204 Å². The molecule has 5 aromatic rings. The summed E-state index contributed by atoms with van der Waals surface area (Å²) in [6.45, 7) is 65.4. The number of fused-ring (bicyclic) bond motifs is 3. The third-order valence-corrected chi connectivity index (χ3v) is 17.5. The normalized spacial score (nSPS) is 15.9. The summed E-state index contributed by atoms with van der Waals surface area (Å²) in [6, 6.07) is 14.2. The minimum absolute atomic E-state index is 0.0371. The zero-order chi connectivity index (χ0) is 55.4. The summed E-state index contributed by atoms with van der Waals surface area (Å²) in [4.78, 5) is 0.